The van der Waals surface area contributed by atoms with Gasteiger partial charge in [-0.15, -0.1) is 5.10 Å². The smallest absolute Gasteiger partial charge is 0.291 e. The zero-order valence-electron chi connectivity index (χ0n) is 17.8. The van der Waals surface area contributed by atoms with E-state index in [1.54, 1.807) is 19.9 Å². The fraction of sp³-hybridized carbons (Fsp3) is 0.400. The summed E-state index contributed by atoms with van der Waals surface area (Å²) in [6, 6.07) is 1.86. The lowest BCUT2D eigenvalue weighted by Gasteiger charge is -2.17. The topological polar surface area (TPSA) is 75.2 Å². The van der Waals surface area contributed by atoms with E-state index in [0.717, 1.165) is 21.3 Å². The number of aromatic nitrogens is 3. The monoisotopic (exact) mass is 636 g/mol. The van der Waals surface area contributed by atoms with Crippen LogP contribution in [0.3, 0.4) is 0 Å². The van der Waals surface area contributed by atoms with Gasteiger partial charge >= 0.3 is 0 Å². The minimum absolute atomic E-state index is 0.0852. The average molecular weight is 636 g/mol. The highest BCUT2D eigenvalue weighted by atomic mass is 127. The molecule has 0 saturated carbocycles. The Morgan fingerprint density at radius 2 is 2.03 bits per heavy atom. The summed E-state index contributed by atoms with van der Waals surface area (Å²) >= 11 is 4.23. The van der Waals surface area contributed by atoms with Gasteiger partial charge in [-0.25, -0.2) is 4.68 Å². The molecule has 0 aliphatic heterocycles. The molecule has 2 aromatic rings. The molecule has 0 N–H and O–H groups in total. The van der Waals surface area contributed by atoms with Crippen LogP contribution in [0.5, 0.6) is 0 Å². The molecule has 0 aliphatic rings. The van der Waals surface area contributed by atoms with Crippen molar-refractivity contribution in [3.8, 4) is 0 Å². The normalized spacial score (nSPS) is 11.9. The van der Waals surface area contributed by atoms with Gasteiger partial charge in [0, 0.05) is 32.7 Å². The van der Waals surface area contributed by atoms with E-state index < -0.39 is 0 Å². The number of aliphatic imine (C=N–C) groups is 1. The third kappa shape index (κ3) is 6.40. The number of ketones is 1. The zero-order valence-corrected chi connectivity index (χ0v) is 22.1. The molecule has 8 nitrogen and oxygen atoms in total. The largest absolute Gasteiger partial charge is 0.347 e. The predicted octanol–water partition coefficient (Wildman–Crippen LogP) is 3.62. The van der Waals surface area contributed by atoms with Gasteiger partial charge in [0.05, 0.1) is 33.1 Å². The Labute approximate surface area is 204 Å². The quantitative estimate of drug-likeness (QED) is 0.182. The number of fused-ring (bicyclic) bond motifs is 1. The summed E-state index contributed by atoms with van der Waals surface area (Å²) in [5.74, 6) is 0.493. The molecule has 0 amide bonds. The van der Waals surface area contributed by atoms with Crippen LogP contribution in [0.1, 0.15) is 26.3 Å². The number of halogens is 2. The summed E-state index contributed by atoms with van der Waals surface area (Å²) < 4.78 is 5.68. The first-order valence-corrected chi connectivity index (χ1v) is 11.4. The number of hydrogen-bond acceptors (Lipinski definition) is 6. The fourth-order valence-electron chi connectivity index (χ4n) is 2.61. The van der Waals surface area contributed by atoms with Gasteiger partial charge in [-0.2, -0.15) is 0 Å². The highest BCUT2D eigenvalue weighted by Crippen LogP contribution is 2.18. The first-order chi connectivity index (χ1) is 14.1. The summed E-state index contributed by atoms with van der Waals surface area (Å²) in [7, 11) is 3.72. The van der Waals surface area contributed by atoms with Crippen molar-refractivity contribution in [2.45, 2.75) is 33.7 Å². The summed E-state index contributed by atoms with van der Waals surface area (Å²) in [6.07, 6.45) is 8.02. The van der Waals surface area contributed by atoms with Crippen LogP contribution >= 0.6 is 45.5 Å². The van der Waals surface area contributed by atoms with Crippen LogP contribution in [-0.2, 0) is 17.8 Å². The fourth-order valence-corrected chi connectivity index (χ4v) is 3.48. The molecule has 162 valence electrons. The maximum atomic E-state index is 12.9. The van der Waals surface area contributed by atoms with Crippen LogP contribution in [0.15, 0.2) is 43.6 Å². The standard InChI is InChI=1S/C20H26I2N6O2/c1-6-15-9-17-19(30)28(24-20(25(4)5)26(17)11-15)13-16(29)12-27(22)18(21)7-8-23-10-14(2)3/h7-11H,6,12-13H2,1-5H3/b18-7+,23-8?. The second-order valence-electron chi connectivity index (χ2n) is 7.17. The van der Waals surface area contributed by atoms with Gasteiger partial charge in [0.1, 0.15) is 12.1 Å². The summed E-state index contributed by atoms with van der Waals surface area (Å²) in [6.45, 7) is 6.05. The van der Waals surface area contributed by atoms with Crippen molar-refractivity contribution in [2.24, 2.45) is 4.99 Å². The van der Waals surface area contributed by atoms with Gasteiger partial charge in [-0.1, -0.05) is 12.5 Å². The minimum atomic E-state index is -0.271. The highest BCUT2D eigenvalue weighted by molar-refractivity contribution is 14.1. The second kappa shape index (κ2) is 11.1. The van der Waals surface area contributed by atoms with Crippen molar-refractivity contribution in [2.75, 3.05) is 25.5 Å². The number of carbonyl (C=O) groups is 1. The van der Waals surface area contributed by atoms with Gasteiger partial charge in [0.2, 0.25) is 5.95 Å². The van der Waals surface area contributed by atoms with Crippen LogP contribution < -0.4 is 10.5 Å². The van der Waals surface area contributed by atoms with E-state index in [9.17, 15) is 9.59 Å². The lowest BCUT2D eigenvalue weighted by molar-refractivity contribution is -0.119. The van der Waals surface area contributed by atoms with E-state index in [2.05, 4.69) is 55.5 Å². The lowest BCUT2D eigenvalue weighted by Crippen LogP contribution is -2.33. The number of Topliss-reactive ketones (excluding diaryl/α,β-unsaturated/α-hetero) is 1. The van der Waals surface area contributed by atoms with E-state index in [0.29, 0.717) is 11.5 Å². The van der Waals surface area contributed by atoms with Crippen molar-refractivity contribution in [1.29, 1.82) is 0 Å². The maximum Gasteiger partial charge on any atom is 0.291 e. The van der Waals surface area contributed by atoms with Crippen molar-refractivity contribution < 1.29 is 4.79 Å². The van der Waals surface area contributed by atoms with Crippen LogP contribution in [0, 0.1) is 0 Å². The molecular weight excluding hydrogens is 610 g/mol. The molecule has 0 saturated heterocycles. The first kappa shape index (κ1) is 24.6. The molecule has 0 aliphatic carbocycles. The van der Waals surface area contributed by atoms with Crippen LogP contribution in [-0.4, -0.2) is 49.9 Å². The van der Waals surface area contributed by atoms with E-state index in [4.69, 9.17) is 0 Å². The Morgan fingerprint density at radius 3 is 2.63 bits per heavy atom. The van der Waals surface area contributed by atoms with Crippen molar-refractivity contribution >= 4 is 68.9 Å². The van der Waals surface area contributed by atoms with Crippen molar-refractivity contribution in [3.63, 3.8) is 0 Å². The first-order valence-electron chi connectivity index (χ1n) is 9.40. The Hall–Kier alpha value is -1.70. The van der Waals surface area contributed by atoms with Crippen molar-refractivity contribution in [1.82, 2.24) is 17.3 Å². The molecule has 0 fully saturated rings. The third-order valence-electron chi connectivity index (χ3n) is 4.07. The van der Waals surface area contributed by atoms with Crippen LogP contribution in [0.4, 0.5) is 5.95 Å². The van der Waals surface area contributed by atoms with E-state index in [1.165, 1.54) is 4.68 Å². The summed E-state index contributed by atoms with van der Waals surface area (Å²) in [4.78, 5) is 31.5. The molecule has 0 bridgehead atoms. The van der Waals surface area contributed by atoms with Crippen molar-refractivity contribution in [3.05, 3.63) is 49.7 Å². The molecule has 0 atom stereocenters. The molecule has 0 aromatic carbocycles. The van der Waals surface area contributed by atoms with Gasteiger partial charge in [0.25, 0.3) is 5.56 Å². The maximum absolute atomic E-state index is 12.9. The highest BCUT2D eigenvalue weighted by Gasteiger charge is 2.17. The third-order valence-corrected chi connectivity index (χ3v) is 6.79. The molecule has 2 aromatic heterocycles. The van der Waals surface area contributed by atoms with E-state index in [-0.39, 0.29) is 24.4 Å². The van der Waals surface area contributed by atoms with E-state index in [1.807, 2.05) is 58.1 Å². The Morgan fingerprint density at radius 1 is 1.33 bits per heavy atom. The molecule has 30 heavy (non-hydrogen) atoms. The minimum Gasteiger partial charge on any atom is -0.347 e. The van der Waals surface area contributed by atoms with Gasteiger partial charge < -0.3 is 8.01 Å². The van der Waals surface area contributed by atoms with Gasteiger partial charge in [-0.3, -0.25) is 19.0 Å². The Kier molecular flexibility index (Phi) is 9.07. The molecule has 10 heteroatoms. The molecule has 0 spiro atoms. The second-order valence-corrected chi connectivity index (χ2v) is 9.44. The van der Waals surface area contributed by atoms with Gasteiger partial charge in [-0.05, 0) is 60.6 Å². The van der Waals surface area contributed by atoms with Crippen LogP contribution in [0.25, 0.3) is 5.52 Å². The number of aryl methyl sites for hydroxylation is 1. The number of allylic oxidation sites excluding steroid dienone is 2. The molecule has 2 heterocycles. The Bertz CT molecular complexity index is 1060. The summed E-state index contributed by atoms with van der Waals surface area (Å²) in [5, 5.41) is 4.42. The number of rotatable bonds is 9. The van der Waals surface area contributed by atoms with E-state index >= 15 is 0 Å². The number of carbonyl (C=O) groups excluding carboxylic acids is 1. The number of nitrogens with zero attached hydrogens (tertiary/aromatic N) is 6. The lowest BCUT2D eigenvalue weighted by atomic mass is 10.3. The Balaban J connectivity index is 2.21. The zero-order chi connectivity index (χ0) is 22.4. The molecule has 0 unspecified atom stereocenters. The molecular formula is C20H26I2N6O2. The molecule has 0 radical (unpaired) electrons. The average Bonchev–Trinajstić information content (AvgIpc) is 3.11. The van der Waals surface area contributed by atoms with Crippen LogP contribution in [0.2, 0.25) is 0 Å². The molecule has 2 rings (SSSR count). The SMILES string of the molecule is CCc1cc2c(=O)n(CC(=O)CN(I)/C(I)=C/C=NC=C(C)C)nc(N(C)C)n2c1. The summed E-state index contributed by atoms with van der Waals surface area (Å²) in [5.41, 5.74) is 2.41. The van der Waals surface area contributed by atoms with Gasteiger partial charge in [0.15, 0.2) is 5.78 Å². The predicted molar refractivity (Wildman–Crippen MR) is 139 cm³/mol. The number of anilines is 1. The number of hydrogen-bond donors (Lipinski definition) is 0.